The molecule has 0 aliphatic heterocycles. The molecule has 0 saturated heterocycles. The van der Waals surface area contributed by atoms with Gasteiger partial charge in [-0.3, -0.25) is 9.59 Å². The van der Waals surface area contributed by atoms with Crippen LogP contribution in [-0.4, -0.2) is 22.9 Å². The Morgan fingerprint density at radius 1 is 1.05 bits per heavy atom. The Labute approximate surface area is 125 Å². The van der Waals surface area contributed by atoms with Crippen LogP contribution in [0.3, 0.4) is 0 Å². The number of benzene rings is 2. The summed E-state index contributed by atoms with van der Waals surface area (Å²) in [5.74, 6) is -3.76. The van der Waals surface area contributed by atoms with Gasteiger partial charge in [0, 0.05) is 5.56 Å². The van der Waals surface area contributed by atoms with Gasteiger partial charge in [0.1, 0.15) is 17.7 Å². The predicted octanol–water partition coefficient (Wildman–Crippen LogP) is 2.15. The number of halogens is 2. The summed E-state index contributed by atoms with van der Waals surface area (Å²) in [7, 11) is 0. The minimum atomic E-state index is -1.13. The van der Waals surface area contributed by atoms with E-state index < -0.39 is 35.0 Å². The van der Waals surface area contributed by atoms with Gasteiger partial charge in [-0.15, -0.1) is 0 Å². The summed E-state index contributed by atoms with van der Waals surface area (Å²) in [4.78, 5) is 22.8. The lowest BCUT2D eigenvalue weighted by Crippen LogP contribution is -2.32. The second-order valence-electron chi connectivity index (χ2n) is 4.77. The molecule has 0 radical (unpaired) electrons. The summed E-state index contributed by atoms with van der Waals surface area (Å²) in [5, 5.41) is 8.73. The Bertz CT molecular complexity index is 694. The molecular weight excluding hydrogens is 292 g/mol. The molecule has 0 spiro atoms. The van der Waals surface area contributed by atoms with Gasteiger partial charge in [0.05, 0.1) is 5.56 Å². The normalized spacial score (nSPS) is 12.0. The van der Waals surface area contributed by atoms with E-state index in [-0.39, 0.29) is 12.0 Å². The van der Waals surface area contributed by atoms with Crippen LogP contribution < -0.4 is 5.73 Å². The Morgan fingerprint density at radius 3 is 2.09 bits per heavy atom. The molecule has 0 amide bonds. The van der Waals surface area contributed by atoms with Crippen LogP contribution in [-0.2, 0) is 11.2 Å². The SMILES string of the molecule is NC(Cc1ccc(C(=O)c2c(F)cccc2F)cc1)C(=O)O. The number of rotatable bonds is 5. The highest BCUT2D eigenvalue weighted by Crippen LogP contribution is 2.18. The van der Waals surface area contributed by atoms with Crippen LogP contribution in [0.5, 0.6) is 0 Å². The van der Waals surface area contributed by atoms with E-state index in [2.05, 4.69) is 0 Å². The Balaban J connectivity index is 2.24. The fourth-order valence-corrected chi connectivity index (χ4v) is 1.99. The monoisotopic (exact) mass is 305 g/mol. The number of aliphatic carboxylic acids is 1. The lowest BCUT2D eigenvalue weighted by Gasteiger charge is -2.08. The van der Waals surface area contributed by atoms with E-state index >= 15 is 0 Å². The van der Waals surface area contributed by atoms with Gasteiger partial charge in [-0.05, 0) is 24.1 Å². The molecule has 0 bridgehead atoms. The van der Waals surface area contributed by atoms with Gasteiger partial charge < -0.3 is 10.8 Å². The number of hydrogen-bond acceptors (Lipinski definition) is 3. The maximum Gasteiger partial charge on any atom is 0.320 e. The van der Waals surface area contributed by atoms with E-state index in [9.17, 15) is 18.4 Å². The molecule has 0 aliphatic carbocycles. The molecule has 3 N–H and O–H groups in total. The molecule has 0 aromatic heterocycles. The van der Waals surface area contributed by atoms with Crippen molar-refractivity contribution in [2.45, 2.75) is 12.5 Å². The molecule has 0 saturated carbocycles. The summed E-state index contributed by atoms with van der Waals surface area (Å²) in [6.45, 7) is 0. The van der Waals surface area contributed by atoms with Crippen LogP contribution >= 0.6 is 0 Å². The Hall–Kier alpha value is -2.60. The van der Waals surface area contributed by atoms with Gasteiger partial charge in [0.15, 0.2) is 5.78 Å². The van der Waals surface area contributed by atoms with Crippen molar-refractivity contribution < 1.29 is 23.5 Å². The Morgan fingerprint density at radius 2 is 1.59 bits per heavy atom. The van der Waals surface area contributed by atoms with E-state index in [1.165, 1.54) is 30.3 Å². The largest absolute Gasteiger partial charge is 0.480 e. The molecule has 1 atom stereocenters. The summed E-state index contributed by atoms with van der Waals surface area (Å²) >= 11 is 0. The molecule has 0 heterocycles. The van der Waals surface area contributed by atoms with Crippen molar-refractivity contribution >= 4 is 11.8 Å². The number of carbonyl (C=O) groups excluding carboxylic acids is 1. The van der Waals surface area contributed by atoms with Crippen molar-refractivity contribution in [1.29, 1.82) is 0 Å². The second-order valence-corrected chi connectivity index (χ2v) is 4.77. The number of ketones is 1. The van der Waals surface area contributed by atoms with Gasteiger partial charge in [-0.1, -0.05) is 30.3 Å². The summed E-state index contributed by atoms with van der Waals surface area (Å²) in [6, 6.07) is 7.94. The fourth-order valence-electron chi connectivity index (χ4n) is 1.99. The molecule has 4 nitrogen and oxygen atoms in total. The number of hydrogen-bond donors (Lipinski definition) is 2. The predicted molar refractivity (Wildman–Crippen MR) is 75.5 cm³/mol. The van der Waals surface area contributed by atoms with Crippen molar-refractivity contribution in [1.82, 2.24) is 0 Å². The summed E-state index contributed by atoms with van der Waals surface area (Å²) in [5.41, 5.74) is 5.52. The average molecular weight is 305 g/mol. The maximum atomic E-state index is 13.6. The summed E-state index contributed by atoms with van der Waals surface area (Å²) < 4.78 is 27.2. The van der Waals surface area contributed by atoms with Gasteiger partial charge in [0.2, 0.25) is 0 Å². The van der Waals surface area contributed by atoms with Crippen molar-refractivity contribution in [3.63, 3.8) is 0 Å². The lowest BCUT2D eigenvalue weighted by molar-refractivity contribution is -0.138. The third-order valence-electron chi connectivity index (χ3n) is 3.18. The first kappa shape index (κ1) is 15.8. The van der Waals surface area contributed by atoms with Gasteiger partial charge in [-0.2, -0.15) is 0 Å². The smallest absolute Gasteiger partial charge is 0.320 e. The third-order valence-corrected chi connectivity index (χ3v) is 3.18. The highest BCUT2D eigenvalue weighted by molar-refractivity contribution is 6.09. The minimum Gasteiger partial charge on any atom is -0.480 e. The molecule has 2 aromatic carbocycles. The van der Waals surface area contributed by atoms with Gasteiger partial charge in [0.25, 0.3) is 0 Å². The zero-order chi connectivity index (χ0) is 16.3. The molecular formula is C16H13F2NO3. The first-order valence-corrected chi connectivity index (χ1v) is 6.46. The first-order chi connectivity index (χ1) is 10.4. The van der Waals surface area contributed by atoms with Crippen molar-refractivity contribution in [3.8, 4) is 0 Å². The molecule has 1 unspecified atom stereocenters. The van der Waals surface area contributed by atoms with Crippen molar-refractivity contribution in [2.24, 2.45) is 5.73 Å². The molecule has 0 fully saturated rings. The second kappa shape index (κ2) is 6.44. The number of carbonyl (C=O) groups is 2. The molecule has 0 aliphatic rings. The van der Waals surface area contributed by atoms with E-state index in [4.69, 9.17) is 10.8 Å². The standard InChI is InChI=1S/C16H13F2NO3/c17-11-2-1-3-12(18)14(11)15(20)10-6-4-9(5-7-10)8-13(19)16(21)22/h1-7,13H,8,19H2,(H,21,22). The highest BCUT2D eigenvalue weighted by Gasteiger charge is 2.19. The maximum absolute atomic E-state index is 13.6. The number of carboxylic acids is 1. The average Bonchev–Trinajstić information content (AvgIpc) is 2.47. The molecule has 22 heavy (non-hydrogen) atoms. The van der Waals surface area contributed by atoms with Crippen LogP contribution in [0.1, 0.15) is 21.5 Å². The van der Waals surface area contributed by atoms with E-state index in [0.29, 0.717) is 5.56 Å². The number of carboxylic acid groups (broad SMARTS) is 1. The molecule has 2 aromatic rings. The van der Waals surface area contributed by atoms with Crippen LogP contribution in [0.15, 0.2) is 42.5 Å². The molecule has 114 valence electrons. The van der Waals surface area contributed by atoms with Crippen molar-refractivity contribution in [3.05, 3.63) is 70.8 Å². The van der Waals surface area contributed by atoms with Crippen LogP contribution in [0, 0.1) is 11.6 Å². The lowest BCUT2D eigenvalue weighted by atomic mass is 9.99. The topological polar surface area (TPSA) is 80.4 Å². The third kappa shape index (κ3) is 3.35. The van der Waals surface area contributed by atoms with Gasteiger partial charge >= 0.3 is 5.97 Å². The van der Waals surface area contributed by atoms with Gasteiger partial charge in [-0.25, -0.2) is 8.78 Å². The zero-order valence-corrected chi connectivity index (χ0v) is 11.4. The molecule has 6 heteroatoms. The van der Waals surface area contributed by atoms with Crippen LogP contribution in [0.4, 0.5) is 8.78 Å². The fraction of sp³-hybridized carbons (Fsp3) is 0.125. The quantitative estimate of drug-likeness (QED) is 0.829. The first-order valence-electron chi connectivity index (χ1n) is 6.46. The van der Waals surface area contributed by atoms with Crippen LogP contribution in [0.2, 0.25) is 0 Å². The van der Waals surface area contributed by atoms with E-state index in [0.717, 1.165) is 12.1 Å². The highest BCUT2D eigenvalue weighted by atomic mass is 19.1. The minimum absolute atomic E-state index is 0.0951. The van der Waals surface area contributed by atoms with Crippen LogP contribution in [0.25, 0.3) is 0 Å². The number of nitrogens with two attached hydrogens (primary N) is 1. The Kier molecular flexibility index (Phi) is 4.62. The molecule has 2 rings (SSSR count). The van der Waals surface area contributed by atoms with E-state index in [1.807, 2.05) is 0 Å². The zero-order valence-electron chi connectivity index (χ0n) is 11.4. The summed E-state index contributed by atoms with van der Waals surface area (Å²) in [6.07, 6.45) is 0.0951. The van der Waals surface area contributed by atoms with Crippen molar-refractivity contribution in [2.75, 3.05) is 0 Å². The van der Waals surface area contributed by atoms with E-state index in [1.54, 1.807) is 0 Å².